The highest BCUT2D eigenvalue weighted by Gasteiger charge is 2.86. The Hall–Kier alpha value is -1.32. The van der Waals surface area contributed by atoms with Gasteiger partial charge in [-0.05, 0) is 49.0 Å². The van der Waals surface area contributed by atoms with E-state index in [9.17, 15) is 20.1 Å². The third-order valence-electron chi connectivity index (χ3n) is 10.8. The summed E-state index contributed by atoms with van der Waals surface area (Å²) in [6.07, 6.45) is 4.48. The van der Waals surface area contributed by atoms with Crippen LogP contribution in [0, 0.1) is 28.6 Å². The third kappa shape index (κ3) is 2.38. The molecular formula is C27H36N2O5S. The summed E-state index contributed by atoms with van der Waals surface area (Å²) in [5.74, 6) is -3.55. The van der Waals surface area contributed by atoms with Crippen LogP contribution in [0.15, 0.2) is 12.2 Å². The van der Waals surface area contributed by atoms with Gasteiger partial charge in [0.25, 0.3) is 0 Å². The zero-order chi connectivity index (χ0) is 24.5. The van der Waals surface area contributed by atoms with E-state index in [4.69, 9.17) is 9.72 Å². The molecule has 3 aliphatic heterocycles. The fourth-order valence-corrected chi connectivity index (χ4v) is 10.9. The molecule has 35 heavy (non-hydrogen) atoms. The minimum atomic E-state index is -2.13. The second-order valence-corrected chi connectivity index (χ2v) is 13.7. The second-order valence-electron chi connectivity index (χ2n) is 12.7. The first kappa shape index (κ1) is 22.8. The fraction of sp³-hybridized carbons (Fsp3) is 0.778. The average molecular weight is 501 g/mol. The highest BCUT2D eigenvalue weighted by Crippen LogP contribution is 2.75. The van der Waals surface area contributed by atoms with Gasteiger partial charge in [0.05, 0.1) is 18.4 Å². The number of ether oxygens (including phenoxy) is 1. The fourth-order valence-electron chi connectivity index (χ4n) is 9.48. The number of carbonyl (C=O) groups is 1. The van der Waals surface area contributed by atoms with E-state index >= 15 is 0 Å². The van der Waals surface area contributed by atoms with Crippen LogP contribution < -0.4 is 4.90 Å². The first-order valence-corrected chi connectivity index (χ1v) is 14.1. The number of thiazole rings is 1. The Morgan fingerprint density at radius 2 is 1.83 bits per heavy atom. The number of aromatic nitrogens is 1. The van der Waals surface area contributed by atoms with Crippen LogP contribution >= 0.6 is 11.3 Å². The molecule has 3 saturated carbocycles. The lowest BCUT2D eigenvalue weighted by molar-refractivity contribution is -0.429. The number of anilines is 1. The first-order chi connectivity index (χ1) is 16.6. The molecule has 6 fully saturated rings. The average Bonchev–Trinajstić information content (AvgIpc) is 3.09. The molecule has 3 N–H and O–H groups in total. The van der Waals surface area contributed by atoms with Gasteiger partial charge in [0, 0.05) is 35.2 Å². The van der Waals surface area contributed by atoms with Crippen molar-refractivity contribution in [3.05, 3.63) is 22.7 Å². The van der Waals surface area contributed by atoms with Gasteiger partial charge in [-0.1, -0.05) is 33.3 Å². The lowest BCUT2D eigenvalue weighted by atomic mass is 9.36. The second kappa shape index (κ2) is 6.95. The summed E-state index contributed by atoms with van der Waals surface area (Å²) in [7, 11) is 0. The summed E-state index contributed by atoms with van der Waals surface area (Å²) >= 11 is 1.75. The Morgan fingerprint density at radius 3 is 2.54 bits per heavy atom. The summed E-state index contributed by atoms with van der Waals surface area (Å²) < 4.78 is 6.18. The van der Waals surface area contributed by atoms with E-state index in [-0.39, 0.29) is 29.6 Å². The molecule has 2 spiro atoms. The molecule has 8 atom stereocenters. The molecule has 3 saturated heterocycles. The van der Waals surface area contributed by atoms with Crippen molar-refractivity contribution in [2.45, 2.75) is 82.2 Å². The number of nitrogens with zero attached hydrogens (tertiary/aromatic N) is 2. The maximum atomic E-state index is 13.9. The normalized spacial score (nSPS) is 47.8. The van der Waals surface area contributed by atoms with Crippen LogP contribution in [0.2, 0.25) is 0 Å². The number of hydrogen-bond acceptors (Lipinski definition) is 8. The monoisotopic (exact) mass is 500 g/mol. The predicted octanol–water partition coefficient (Wildman–Crippen LogP) is 2.57. The molecule has 4 aliphatic carbocycles. The van der Waals surface area contributed by atoms with Gasteiger partial charge in [0.2, 0.25) is 5.79 Å². The molecule has 1 aromatic heterocycles. The molecule has 0 radical (unpaired) electrons. The van der Waals surface area contributed by atoms with Crippen molar-refractivity contribution in [3.8, 4) is 0 Å². The number of carbonyl (C=O) groups excluding carboxylic acids is 1. The van der Waals surface area contributed by atoms with E-state index in [2.05, 4.69) is 25.3 Å². The molecule has 7 aliphatic rings. The zero-order valence-electron chi connectivity index (χ0n) is 20.6. The molecule has 1 aromatic rings. The Bertz CT molecular complexity index is 1120. The molecule has 0 aromatic carbocycles. The van der Waals surface area contributed by atoms with Crippen LogP contribution in [0.1, 0.15) is 62.9 Å². The number of hydrogen-bond donors (Lipinski definition) is 3. The number of rotatable bonds is 1. The Labute approximate surface area is 210 Å². The third-order valence-corrected chi connectivity index (χ3v) is 11.9. The van der Waals surface area contributed by atoms with Gasteiger partial charge in [-0.3, -0.25) is 4.79 Å². The predicted molar refractivity (Wildman–Crippen MR) is 131 cm³/mol. The van der Waals surface area contributed by atoms with E-state index in [1.807, 2.05) is 0 Å². The molecule has 4 bridgehead atoms. The summed E-state index contributed by atoms with van der Waals surface area (Å²) in [5.41, 5.74) is -1.38. The highest BCUT2D eigenvalue weighted by atomic mass is 32.1. The van der Waals surface area contributed by atoms with E-state index < -0.39 is 34.7 Å². The van der Waals surface area contributed by atoms with Crippen molar-refractivity contribution in [1.29, 1.82) is 0 Å². The van der Waals surface area contributed by atoms with Gasteiger partial charge >= 0.3 is 0 Å². The van der Waals surface area contributed by atoms with E-state index in [1.165, 1.54) is 17.7 Å². The van der Waals surface area contributed by atoms with Gasteiger partial charge in [-0.25, -0.2) is 4.98 Å². The number of Topliss-reactive ketones (excluding diaryl/α,β-unsaturated/α-hetero) is 1. The standard InChI is InChI=1S/C27H36N2O5S/c1-14-15-8-9-17-25-13-34-27(33,26(17,20(14)30)21(15)31)22(32)18(25)24(2,3)12-16-19(25)28-23(35-16)29-10-6-4-5-7-11-29/h15,17-18,21-22,31-33H,1,4-13H2,2-3H3/t15?,17-,18+,21+,22-,25-,26-,27-/m0/s1. The smallest absolute Gasteiger partial charge is 0.208 e. The minimum Gasteiger partial charge on any atom is -0.391 e. The van der Waals surface area contributed by atoms with Gasteiger partial charge in [0.1, 0.15) is 11.5 Å². The quantitative estimate of drug-likeness (QED) is 0.509. The Morgan fingerprint density at radius 1 is 1.11 bits per heavy atom. The van der Waals surface area contributed by atoms with Crippen molar-refractivity contribution in [2.24, 2.45) is 28.6 Å². The largest absolute Gasteiger partial charge is 0.391 e. The van der Waals surface area contributed by atoms with Crippen molar-refractivity contribution in [1.82, 2.24) is 4.98 Å². The molecule has 8 heteroatoms. The molecule has 7 nitrogen and oxygen atoms in total. The Kier molecular flexibility index (Phi) is 4.54. The zero-order valence-corrected chi connectivity index (χ0v) is 21.4. The summed E-state index contributed by atoms with van der Waals surface area (Å²) in [6.45, 7) is 10.5. The molecule has 1 unspecified atom stereocenters. The van der Waals surface area contributed by atoms with Gasteiger partial charge < -0.3 is 25.0 Å². The molecule has 8 rings (SSSR count). The summed E-state index contributed by atoms with van der Waals surface area (Å²) in [4.78, 5) is 22.8. The first-order valence-electron chi connectivity index (χ1n) is 13.3. The van der Waals surface area contributed by atoms with Gasteiger partial charge in [0.15, 0.2) is 10.9 Å². The minimum absolute atomic E-state index is 0.203. The van der Waals surface area contributed by atoms with Crippen molar-refractivity contribution < 1.29 is 24.9 Å². The van der Waals surface area contributed by atoms with E-state index in [0.29, 0.717) is 18.4 Å². The van der Waals surface area contributed by atoms with Gasteiger partial charge in [-0.2, -0.15) is 0 Å². The molecule has 190 valence electrons. The van der Waals surface area contributed by atoms with Gasteiger partial charge in [-0.15, -0.1) is 11.3 Å². The van der Waals surface area contributed by atoms with Crippen LogP contribution in [0.4, 0.5) is 5.13 Å². The van der Waals surface area contributed by atoms with E-state index in [0.717, 1.165) is 43.2 Å². The number of aliphatic hydroxyl groups is 3. The lowest BCUT2D eigenvalue weighted by Crippen LogP contribution is -2.85. The van der Waals surface area contributed by atoms with Crippen LogP contribution in [0.25, 0.3) is 0 Å². The van der Waals surface area contributed by atoms with Crippen molar-refractivity contribution in [3.63, 3.8) is 0 Å². The lowest BCUT2D eigenvalue weighted by Gasteiger charge is -2.73. The van der Waals surface area contributed by atoms with Crippen LogP contribution in [-0.4, -0.2) is 63.8 Å². The Balaban J connectivity index is 1.46. The molecule has 0 amide bonds. The van der Waals surface area contributed by atoms with E-state index in [1.54, 1.807) is 11.3 Å². The maximum Gasteiger partial charge on any atom is 0.208 e. The number of ketones is 1. The SMILES string of the molecule is C=C1C(=O)[C@]23[C@H](O)C1CC[C@H]2[C@@]12CO[C@@]3(O)[C@@H](O)[C@@H]1C(C)(C)Cc1sc(N3CCCCCC3)nc12. The van der Waals surface area contributed by atoms with Crippen molar-refractivity contribution in [2.75, 3.05) is 24.6 Å². The molecular weight excluding hydrogens is 464 g/mol. The number of fused-ring (bicyclic) bond motifs is 3. The van der Waals surface area contributed by atoms with Crippen LogP contribution in [0.3, 0.4) is 0 Å². The summed E-state index contributed by atoms with van der Waals surface area (Å²) in [5, 5.41) is 36.5. The molecule has 4 heterocycles. The van der Waals surface area contributed by atoms with Crippen LogP contribution in [-0.2, 0) is 21.4 Å². The summed E-state index contributed by atoms with van der Waals surface area (Å²) in [6, 6.07) is 0. The van der Waals surface area contributed by atoms with Crippen molar-refractivity contribution >= 4 is 22.3 Å². The highest BCUT2D eigenvalue weighted by molar-refractivity contribution is 7.15. The maximum absolute atomic E-state index is 13.9. The van der Waals surface area contributed by atoms with Crippen LogP contribution in [0.5, 0.6) is 0 Å². The number of aliphatic hydroxyl groups excluding tert-OH is 2. The topological polar surface area (TPSA) is 103 Å².